The van der Waals surface area contributed by atoms with Crippen LogP contribution in [0.3, 0.4) is 0 Å². The van der Waals surface area contributed by atoms with Crippen LogP contribution in [0.5, 0.6) is 0 Å². The summed E-state index contributed by atoms with van der Waals surface area (Å²) in [6, 6.07) is 4.72. The molecule has 4 N–H and O–H groups in total. The van der Waals surface area contributed by atoms with Crippen molar-refractivity contribution in [1.82, 2.24) is 4.72 Å². The molecule has 0 aromatic heterocycles. The second-order valence-electron chi connectivity index (χ2n) is 4.22. The number of carbonyl (C=O) groups is 1. The van der Waals surface area contributed by atoms with Gasteiger partial charge in [0.2, 0.25) is 10.0 Å². The lowest BCUT2D eigenvalue weighted by Gasteiger charge is -2.18. The van der Waals surface area contributed by atoms with Gasteiger partial charge in [0.1, 0.15) is 10.9 Å². The summed E-state index contributed by atoms with van der Waals surface area (Å²) in [7, 11) is -3.94. The first kappa shape index (κ1) is 14.5. The minimum Gasteiger partial charge on any atom is -0.480 e. The van der Waals surface area contributed by atoms with Gasteiger partial charge in [-0.15, -0.1) is 0 Å². The van der Waals surface area contributed by atoms with Gasteiger partial charge in [-0.25, -0.2) is 8.42 Å². The maximum absolute atomic E-state index is 12.0. The molecule has 0 aliphatic heterocycles. The molecule has 1 atom stereocenters. The van der Waals surface area contributed by atoms with Crippen molar-refractivity contribution in [3.8, 4) is 0 Å². The second kappa shape index (κ2) is 5.36. The normalized spacial score (nSPS) is 13.5. The van der Waals surface area contributed by atoms with Crippen molar-refractivity contribution in [2.24, 2.45) is 5.92 Å². The van der Waals surface area contributed by atoms with Crippen molar-refractivity contribution in [3.63, 3.8) is 0 Å². The molecule has 1 rings (SSSR count). The zero-order valence-corrected chi connectivity index (χ0v) is 10.9. The molecule has 1 aromatic rings. The van der Waals surface area contributed by atoms with Crippen molar-refractivity contribution < 1.29 is 18.3 Å². The molecular weight excluding hydrogens is 256 g/mol. The molecule has 0 spiro atoms. The first-order valence-electron chi connectivity index (χ1n) is 5.35. The number of rotatable bonds is 5. The Morgan fingerprint density at radius 1 is 1.33 bits per heavy atom. The Morgan fingerprint density at radius 2 is 1.89 bits per heavy atom. The van der Waals surface area contributed by atoms with Gasteiger partial charge in [0.05, 0.1) is 5.69 Å². The van der Waals surface area contributed by atoms with Crippen molar-refractivity contribution in [2.45, 2.75) is 24.8 Å². The van der Waals surface area contributed by atoms with Crippen molar-refractivity contribution in [2.75, 3.05) is 5.73 Å². The van der Waals surface area contributed by atoms with Crippen molar-refractivity contribution in [1.29, 1.82) is 0 Å². The maximum atomic E-state index is 12.0. The summed E-state index contributed by atoms with van der Waals surface area (Å²) in [5, 5.41) is 8.97. The van der Waals surface area contributed by atoms with Crippen molar-refractivity contribution in [3.05, 3.63) is 24.3 Å². The Morgan fingerprint density at radius 3 is 2.33 bits per heavy atom. The fraction of sp³-hybridized carbons (Fsp3) is 0.364. The van der Waals surface area contributed by atoms with Crippen LogP contribution in [0, 0.1) is 5.92 Å². The maximum Gasteiger partial charge on any atom is 0.322 e. The largest absolute Gasteiger partial charge is 0.480 e. The van der Waals surface area contributed by atoms with Gasteiger partial charge in [-0.05, 0) is 18.1 Å². The molecule has 6 nitrogen and oxygen atoms in total. The third-order valence-corrected chi connectivity index (χ3v) is 3.94. The van der Waals surface area contributed by atoms with E-state index in [9.17, 15) is 13.2 Å². The number of benzene rings is 1. The fourth-order valence-electron chi connectivity index (χ4n) is 1.43. The Kier molecular flexibility index (Phi) is 4.31. The molecule has 0 saturated heterocycles. The third kappa shape index (κ3) is 3.21. The Bertz CT molecular complexity index is 540. The van der Waals surface area contributed by atoms with E-state index >= 15 is 0 Å². The molecule has 0 heterocycles. The number of aliphatic carboxylic acids is 1. The highest BCUT2D eigenvalue weighted by molar-refractivity contribution is 7.89. The number of nitrogen functional groups attached to an aromatic ring is 1. The van der Waals surface area contributed by atoms with Crippen LogP contribution in [0.2, 0.25) is 0 Å². The van der Waals surface area contributed by atoms with E-state index in [-0.39, 0.29) is 16.5 Å². The molecule has 7 heteroatoms. The lowest BCUT2D eigenvalue weighted by atomic mass is 10.1. The van der Waals surface area contributed by atoms with Crippen LogP contribution < -0.4 is 10.5 Å². The average molecular weight is 272 g/mol. The summed E-state index contributed by atoms with van der Waals surface area (Å²) in [4.78, 5) is 10.9. The van der Waals surface area contributed by atoms with Gasteiger partial charge in [-0.1, -0.05) is 26.0 Å². The molecule has 0 bridgehead atoms. The van der Waals surface area contributed by atoms with Gasteiger partial charge < -0.3 is 10.8 Å². The molecular formula is C11H16N2O4S. The number of hydrogen-bond acceptors (Lipinski definition) is 4. The topological polar surface area (TPSA) is 109 Å². The predicted octanol–water partition coefficient (Wildman–Crippen LogP) is 0.656. The molecule has 0 unspecified atom stereocenters. The number of nitrogens with one attached hydrogen (secondary N) is 1. The van der Waals surface area contributed by atoms with E-state index in [4.69, 9.17) is 10.8 Å². The number of nitrogens with two attached hydrogens (primary N) is 1. The van der Waals surface area contributed by atoms with Crippen LogP contribution in [0.4, 0.5) is 5.69 Å². The number of sulfonamides is 1. The van der Waals surface area contributed by atoms with E-state index in [0.29, 0.717) is 0 Å². The minimum absolute atomic E-state index is 0.0814. The molecule has 0 fully saturated rings. The molecule has 0 saturated carbocycles. The summed E-state index contributed by atoms with van der Waals surface area (Å²) >= 11 is 0. The highest BCUT2D eigenvalue weighted by atomic mass is 32.2. The van der Waals surface area contributed by atoms with Crippen LogP contribution in [-0.4, -0.2) is 25.5 Å². The van der Waals surface area contributed by atoms with E-state index in [0.717, 1.165) is 0 Å². The van der Waals surface area contributed by atoms with Gasteiger partial charge in [0, 0.05) is 0 Å². The number of anilines is 1. The lowest BCUT2D eigenvalue weighted by molar-refractivity contribution is -0.140. The Hall–Kier alpha value is -1.60. The number of carboxylic acid groups (broad SMARTS) is 1. The number of carboxylic acids is 1. The first-order valence-corrected chi connectivity index (χ1v) is 6.83. The van der Waals surface area contributed by atoms with E-state index in [1.54, 1.807) is 19.9 Å². The highest BCUT2D eigenvalue weighted by Crippen LogP contribution is 2.18. The van der Waals surface area contributed by atoms with Gasteiger partial charge in [-0.3, -0.25) is 4.79 Å². The average Bonchev–Trinajstić information content (AvgIpc) is 2.25. The quantitative estimate of drug-likeness (QED) is 0.682. The van der Waals surface area contributed by atoms with Crippen LogP contribution in [0.25, 0.3) is 0 Å². The zero-order valence-electron chi connectivity index (χ0n) is 10.1. The fourth-order valence-corrected chi connectivity index (χ4v) is 2.90. The smallest absolute Gasteiger partial charge is 0.322 e. The summed E-state index contributed by atoms with van der Waals surface area (Å²) in [5.41, 5.74) is 5.65. The van der Waals surface area contributed by atoms with Crippen LogP contribution >= 0.6 is 0 Å². The molecule has 0 amide bonds. The molecule has 0 aliphatic carbocycles. The van der Waals surface area contributed by atoms with Crippen LogP contribution in [0.15, 0.2) is 29.2 Å². The van der Waals surface area contributed by atoms with E-state index in [1.165, 1.54) is 18.2 Å². The molecule has 1 aromatic carbocycles. The minimum atomic E-state index is -3.94. The first-order chi connectivity index (χ1) is 8.25. The molecule has 0 radical (unpaired) electrons. The standard InChI is InChI=1S/C11H16N2O4S/c1-7(2)10(11(14)15)13-18(16,17)9-6-4-3-5-8(9)12/h3-7,10,13H,12H2,1-2H3,(H,14,15)/t10-/m0/s1. The summed E-state index contributed by atoms with van der Waals surface area (Å²) < 4.78 is 26.2. The monoisotopic (exact) mass is 272 g/mol. The van der Waals surface area contributed by atoms with Crippen molar-refractivity contribution >= 4 is 21.7 Å². The van der Waals surface area contributed by atoms with Crippen LogP contribution in [0.1, 0.15) is 13.8 Å². The summed E-state index contributed by atoms with van der Waals surface area (Å²) in [6.45, 7) is 3.24. The Balaban J connectivity index is 3.09. The predicted molar refractivity (Wildman–Crippen MR) is 67.4 cm³/mol. The second-order valence-corrected chi connectivity index (χ2v) is 5.90. The van der Waals surface area contributed by atoms with Gasteiger partial charge in [0.15, 0.2) is 0 Å². The van der Waals surface area contributed by atoms with E-state index in [1.807, 2.05) is 0 Å². The van der Waals surface area contributed by atoms with Crippen LogP contribution in [-0.2, 0) is 14.8 Å². The van der Waals surface area contributed by atoms with E-state index in [2.05, 4.69) is 4.72 Å². The van der Waals surface area contributed by atoms with Gasteiger partial charge in [-0.2, -0.15) is 4.72 Å². The molecule has 100 valence electrons. The number of hydrogen-bond donors (Lipinski definition) is 3. The molecule has 18 heavy (non-hydrogen) atoms. The SMILES string of the molecule is CC(C)[C@H](NS(=O)(=O)c1ccccc1N)C(=O)O. The lowest BCUT2D eigenvalue weighted by Crippen LogP contribution is -2.44. The number of para-hydroxylation sites is 1. The summed E-state index contributed by atoms with van der Waals surface area (Å²) in [6.07, 6.45) is 0. The zero-order chi connectivity index (χ0) is 13.9. The Labute approximate surface area is 106 Å². The highest BCUT2D eigenvalue weighted by Gasteiger charge is 2.28. The third-order valence-electron chi connectivity index (χ3n) is 2.42. The van der Waals surface area contributed by atoms with E-state index < -0.39 is 22.0 Å². The van der Waals surface area contributed by atoms with Gasteiger partial charge >= 0.3 is 5.97 Å². The molecule has 0 aliphatic rings. The summed E-state index contributed by atoms with van der Waals surface area (Å²) in [5.74, 6) is -1.59. The van der Waals surface area contributed by atoms with Gasteiger partial charge in [0.25, 0.3) is 0 Å².